The Hall–Kier alpha value is -3.91. The number of nitriles is 1. The van der Waals surface area contributed by atoms with Crippen LogP contribution in [0.5, 0.6) is 0 Å². The van der Waals surface area contributed by atoms with Gasteiger partial charge < -0.3 is 9.72 Å². The minimum atomic E-state index is -0.342. The molecule has 0 spiro atoms. The van der Waals surface area contributed by atoms with Crippen molar-refractivity contribution >= 4 is 17.0 Å². The second kappa shape index (κ2) is 8.85. The molecule has 0 radical (unpaired) electrons. The van der Waals surface area contributed by atoms with E-state index in [0.717, 1.165) is 40.9 Å². The molecule has 154 valence electrons. The molecule has 0 saturated heterocycles. The predicted octanol–water partition coefficient (Wildman–Crippen LogP) is 5.59. The highest BCUT2D eigenvalue weighted by Crippen LogP contribution is 2.24. The van der Waals surface area contributed by atoms with Crippen LogP contribution in [-0.4, -0.2) is 22.0 Å². The van der Waals surface area contributed by atoms with Gasteiger partial charge in [0.15, 0.2) is 0 Å². The Bertz CT molecular complexity index is 1270. The molecule has 1 unspecified atom stereocenters. The number of esters is 1. The summed E-state index contributed by atoms with van der Waals surface area (Å²) in [6, 6.07) is 23.5. The quantitative estimate of drug-likeness (QED) is 0.421. The van der Waals surface area contributed by atoms with Crippen molar-refractivity contribution in [2.45, 2.75) is 32.8 Å². The van der Waals surface area contributed by atoms with Gasteiger partial charge in [-0.1, -0.05) is 48.5 Å². The van der Waals surface area contributed by atoms with Crippen molar-refractivity contribution in [3.63, 3.8) is 0 Å². The number of H-pyrrole nitrogens is 1. The van der Waals surface area contributed by atoms with Gasteiger partial charge in [-0.15, -0.1) is 0 Å². The van der Waals surface area contributed by atoms with Crippen molar-refractivity contribution in [1.82, 2.24) is 9.97 Å². The van der Waals surface area contributed by atoms with Crippen molar-refractivity contribution in [3.05, 3.63) is 89.2 Å². The molecule has 3 aromatic carbocycles. The molecule has 5 nitrogen and oxygen atoms in total. The number of imidazole rings is 1. The smallest absolute Gasteiger partial charge is 0.340 e. The highest BCUT2D eigenvalue weighted by atomic mass is 16.5. The first kappa shape index (κ1) is 20.4. The number of nitrogens with zero attached hydrogens (tertiary/aromatic N) is 2. The fourth-order valence-corrected chi connectivity index (χ4v) is 3.68. The third-order valence-electron chi connectivity index (χ3n) is 5.32. The molecule has 1 aromatic heterocycles. The fraction of sp³-hybridized carbons (Fsp3) is 0.192. The number of aromatic amines is 1. The number of hydrogen-bond donors (Lipinski definition) is 1. The van der Waals surface area contributed by atoms with Gasteiger partial charge in [0.1, 0.15) is 5.82 Å². The molecule has 1 heterocycles. The van der Waals surface area contributed by atoms with Gasteiger partial charge in [0, 0.05) is 0 Å². The van der Waals surface area contributed by atoms with Gasteiger partial charge >= 0.3 is 5.97 Å². The van der Waals surface area contributed by atoms with E-state index in [4.69, 9.17) is 4.74 Å². The molecule has 0 aliphatic carbocycles. The van der Waals surface area contributed by atoms with Crippen molar-refractivity contribution in [2.75, 3.05) is 0 Å². The zero-order valence-corrected chi connectivity index (χ0v) is 17.6. The van der Waals surface area contributed by atoms with Crippen molar-refractivity contribution in [2.24, 2.45) is 0 Å². The summed E-state index contributed by atoms with van der Waals surface area (Å²) >= 11 is 0. The third kappa shape index (κ3) is 4.49. The van der Waals surface area contributed by atoms with E-state index in [1.165, 1.54) is 0 Å². The van der Waals surface area contributed by atoms with Crippen LogP contribution in [-0.2, 0) is 11.2 Å². The summed E-state index contributed by atoms with van der Waals surface area (Å²) in [5.74, 6) is 0.425. The Morgan fingerprint density at radius 1 is 1.10 bits per heavy atom. The molecule has 0 amide bonds. The Labute approximate surface area is 181 Å². The summed E-state index contributed by atoms with van der Waals surface area (Å²) in [7, 11) is 0. The Balaban J connectivity index is 1.38. The number of aryl methyl sites for hydroxylation is 2. The lowest BCUT2D eigenvalue weighted by atomic mass is 9.98. The van der Waals surface area contributed by atoms with Crippen LogP contribution < -0.4 is 0 Å². The molecule has 31 heavy (non-hydrogen) atoms. The van der Waals surface area contributed by atoms with E-state index in [1.54, 1.807) is 6.07 Å². The molecule has 5 heteroatoms. The molecule has 0 fully saturated rings. The zero-order chi connectivity index (χ0) is 21.8. The second-order valence-electron chi connectivity index (χ2n) is 7.63. The lowest BCUT2D eigenvalue weighted by Crippen LogP contribution is -2.16. The highest BCUT2D eigenvalue weighted by Gasteiger charge is 2.16. The van der Waals surface area contributed by atoms with E-state index < -0.39 is 0 Å². The third-order valence-corrected chi connectivity index (χ3v) is 5.32. The first-order chi connectivity index (χ1) is 15.0. The minimum absolute atomic E-state index is 0.217. The molecule has 0 saturated carbocycles. The van der Waals surface area contributed by atoms with E-state index in [1.807, 2.05) is 62.4 Å². The summed E-state index contributed by atoms with van der Waals surface area (Å²) < 4.78 is 5.68. The molecule has 0 aliphatic rings. The molecule has 4 rings (SSSR count). The minimum Gasteiger partial charge on any atom is -0.459 e. The first-order valence-electron chi connectivity index (χ1n) is 10.3. The van der Waals surface area contributed by atoms with Gasteiger partial charge in [-0.25, -0.2) is 9.78 Å². The topological polar surface area (TPSA) is 78.8 Å². The van der Waals surface area contributed by atoms with Crippen LogP contribution >= 0.6 is 0 Å². The molecular formula is C26H23N3O2. The van der Waals surface area contributed by atoms with Crippen molar-refractivity contribution in [3.8, 4) is 17.2 Å². The number of rotatable bonds is 6. The number of carbonyl (C=O) groups is 1. The van der Waals surface area contributed by atoms with Crippen molar-refractivity contribution in [1.29, 1.82) is 5.26 Å². The summed E-state index contributed by atoms with van der Waals surface area (Å²) in [5, 5.41) is 9.30. The summed E-state index contributed by atoms with van der Waals surface area (Å²) in [5.41, 5.74) is 5.75. The van der Waals surface area contributed by atoms with Gasteiger partial charge in [-0.05, 0) is 61.6 Å². The van der Waals surface area contributed by atoms with Crippen LogP contribution in [0.25, 0.3) is 22.2 Å². The fourth-order valence-electron chi connectivity index (χ4n) is 3.68. The number of carbonyl (C=O) groups excluding carboxylic acids is 1. The van der Waals surface area contributed by atoms with Crippen LogP contribution in [0.2, 0.25) is 0 Å². The van der Waals surface area contributed by atoms with E-state index >= 15 is 0 Å². The van der Waals surface area contributed by atoms with Crippen LogP contribution in [0.15, 0.2) is 66.7 Å². The maximum Gasteiger partial charge on any atom is 0.340 e. The van der Waals surface area contributed by atoms with Crippen LogP contribution in [0.3, 0.4) is 0 Å². The van der Waals surface area contributed by atoms with E-state index in [2.05, 4.69) is 28.2 Å². The summed E-state index contributed by atoms with van der Waals surface area (Å²) in [4.78, 5) is 20.2. The predicted molar refractivity (Wildman–Crippen MR) is 121 cm³/mol. The normalized spacial score (nSPS) is 11.8. The number of nitrogens with one attached hydrogen (secondary N) is 1. The van der Waals surface area contributed by atoms with Gasteiger partial charge in [0.05, 0.1) is 34.3 Å². The lowest BCUT2D eigenvalue weighted by molar-refractivity contribution is 0.0327. The average molecular weight is 409 g/mol. The standard InChI is InChI=1S/C26H23N3O2/c1-17(31-26(30)23-8-5-9-24-25(23)29-18(2)28-24)10-11-19-12-14-20(15-13-19)22-7-4-3-6-21(22)16-27/h3-9,12-15,17H,10-11H2,1-2H3,(H,28,29). The molecular weight excluding hydrogens is 386 g/mol. The Kier molecular flexibility index (Phi) is 5.81. The van der Waals surface area contributed by atoms with E-state index in [0.29, 0.717) is 16.6 Å². The summed E-state index contributed by atoms with van der Waals surface area (Å²) in [6.07, 6.45) is 1.30. The lowest BCUT2D eigenvalue weighted by Gasteiger charge is -2.14. The maximum atomic E-state index is 12.7. The largest absolute Gasteiger partial charge is 0.459 e. The maximum absolute atomic E-state index is 12.7. The van der Waals surface area contributed by atoms with Gasteiger partial charge in [-0.2, -0.15) is 5.26 Å². The zero-order valence-electron chi connectivity index (χ0n) is 17.6. The first-order valence-corrected chi connectivity index (χ1v) is 10.3. The second-order valence-corrected chi connectivity index (χ2v) is 7.63. The number of ether oxygens (including phenoxy) is 1. The Morgan fingerprint density at radius 3 is 2.65 bits per heavy atom. The molecule has 1 N–H and O–H groups in total. The SMILES string of the molecule is Cc1nc2cccc(C(=O)OC(C)CCc3ccc(-c4ccccc4C#N)cc3)c2[nH]1. The van der Waals surface area contributed by atoms with Gasteiger partial charge in [-0.3, -0.25) is 0 Å². The number of para-hydroxylation sites is 1. The number of hydrogen-bond acceptors (Lipinski definition) is 4. The van der Waals surface area contributed by atoms with Gasteiger partial charge in [0.2, 0.25) is 0 Å². The van der Waals surface area contributed by atoms with E-state index in [9.17, 15) is 10.1 Å². The van der Waals surface area contributed by atoms with Crippen LogP contribution in [0.1, 0.15) is 40.7 Å². The molecule has 0 bridgehead atoms. The van der Waals surface area contributed by atoms with E-state index in [-0.39, 0.29) is 12.1 Å². The number of benzene rings is 3. The Morgan fingerprint density at radius 2 is 1.87 bits per heavy atom. The van der Waals surface area contributed by atoms with Gasteiger partial charge in [0.25, 0.3) is 0 Å². The van der Waals surface area contributed by atoms with Crippen LogP contribution in [0, 0.1) is 18.3 Å². The molecule has 0 aliphatic heterocycles. The monoisotopic (exact) mass is 409 g/mol. The van der Waals surface area contributed by atoms with Crippen molar-refractivity contribution < 1.29 is 9.53 Å². The number of aromatic nitrogens is 2. The molecule has 4 aromatic rings. The molecule has 1 atom stereocenters. The summed E-state index contributed by atoms with van der Waals surface area (Å²) in [6.45, 7) is 3.77. The van der Waals surface area contributed by atoms with Crippen LogP contribution in [0.4, 0.5) is 0 Å². The number of fused-ring (bicyclic) bond motifs is 1. The highest BCUT2D eigenvalue weighted by molar-refractivity contribution is 6.02. The average Bonchev–Trinajstić information content (AvgIpc) is 3.18.